The van der Waals surface area contributed by atoms with E-state index in [0.717, 1.165) is 18.2 Å². The first kappa shape index (κ1) is 14.9. The Morgan fingerprint density at radius 3 is 2.18 bits per heavy atom. The van der Waals surface area contributed by atoms with Gasteiger partial charge in [-0.15, -0.1) is 0 Å². The van der Waals surface area contributed by atoms with Gasteiger partial charge in [0.15, 0.2) is 0 Å². The fraction of sp³-hybridized carbons (Fsp3) is 0. The molecule has 0 saturated carbocycles. The summed E-state index contributed by atoms with van der Waals surface area (Å²) in [5.41, 5.74) is 5.11. The molecule has 2 aromatic rings. The third-order valence-electron chi connectivity index (χ3n) is 2.81. The number of carbonyl (C=O) groups is 1. The average Bonchev–Trinajstić information content (AvgIpc) is 2.47. The van der Waals surface area contributed by atoms with Crippen LogP contribution in [-0.4, -0.2) is 15.8 Å². The van der Waals surface area contributed by atoms with E-state index in [1.807, 2.05) is 0 Å². The summed E-state index contributed by atoms with van der Waals surface area (Å²) >= 11 is 0. The second-order valence-corrected chi connectivity index (χ2v) is 4.29. The van der Waals surface area contributed by atoms with Gasteiger partial charge < -0.3 is 11.1 Å². The molecule has 0 atom stereocenters. The maximum atomic E-state index is 12.0. The Bertz CT molecular complexity index is 758. The van der Waals surface area contributed by atoms with E-state index in [9.17, 15) is 25.0 Å². The van der Waals surface area contributed by atoms with Crippen LogP contribution in [0.1, 0.15) is 10.4 Å². The summed E-state index contributed by atoms with van der Waals surface area (Å²) in [6.07, 6.45) is 0. The van der Waals surface area contributed by atoms with Crippen LogP contribution in [0.4, 0.5) is 22.7 Å². The molecule has 22 heavy (non-hydrogen) atoms. The molecule has 1 amide bonds. The van der Waals surface area contributed by atoms with Gasteiger partial charge in [0.1, 0.15) is 5.69 Å². The molecule has 0 radical (unpaired) electrons. The van der Waals surface area contributed by atoms with Crippen molar-refractivity contribution in [1.82, 2.24) is 0 Å². The van der Waals surface area contributed by atoms with E-state index < -0.39 is 27.1 Å². The van der Waals surface area contributed by atoms with Crippen LogP contribution in [0.15, 0.2) is 42.5 Å². The van der Waals surface area contributed by atoms with Crippen molar-refractivity contribution in [3.63, 3.8) is 0 Å². The van der Waals surface area contributed by atoms with Crippen LogP contribution in [-0.2, 0) is 0 Å². The van der Waals surface area contributed by atoms with Crippen molar-refractivity contribution in [2.75, 3.05) is 11.1 Å². The molecule has 0 aromatic heterocycles. The van der Waals surface area contributed by atoms with Crippen molar-refractivity contribution in [2.45, 2.75) is 0 Å². The molecule has 0 unspecified atom stereocenters. The average molecular weight is 302 g/mol. The van der Waals surface area contributed by atoms with Crippen LogP contribution in [0.3, 0.4) is 0 Å². The fourth-order valence-electron chi connectivity index (χ4n) is 1.72. The summed E-state index contributed by atoms with van der Waals surface area (Å²) in [6, 6.07) is 8.93. The largest absolute Gasteiger partial charge is 0.399 e. The maximum Gasteiger partial charge on any atom is 0.299 e. The highest BCUT2D eigenvalue weighted by atomic mass is 16.6. The number of nitrogens with two attached hydrogens (primary N) is 1. The van der Waals surface area contributed by atoms with Crippen molar-refractivity contribution < 1.29 is 14.6 Å². The van der Waals surface area contributed by atoms with Crippen molar-refractivity contribution in [3.8, 4) is 0 Å². The van der Waals surface area contributed by atoms with Crippen molar-refractivity contribution in [3.05, 3.63) is 68.3 Å². The summed E-state index contributed by atoms with van der Waals surface area (Å²) in [6.45, 7) is 0. The van der Waals surface area contributed by atoms with Gasteiger partial charge in [-0.1, -0.05) is 0 Å². The lowest BCUT2D eigenvalue weighted by Gasteiger charge is -2.06. The van der Waals surface area contributed by atoms with Gasteiger partial charge in [-0.05, 0) is 30.3 Å². The SMILES string of the molecule is Nc1ccc(C(=O)Nc2ccc([N+](=O)[O-])cc2[N+](=O)[O-])cc1. The number of nitrogens with one attached hydrogen (secondary N) is 1. The maximum absolute atomic E-state index is 12.0. The molecule has 2 aromatic carbocycles. The van der Waals surface area contributed by atoms with E-state index in [2.05, 4.69) is 5.32 Å². The standard InChI is InChI=1S/C13H10N4O5/c14-9-3-1-8(2-4-9)13(18)15-11-6-5-10(16(19)20)7-12(11)17(21)22/h1-7H,14H2,(H,15,18). The molecule has 112 valence electrons. The van der Waals surface area contributed by atoms with Gasteiger partial charge in [0, 0.05) is 17.3 Å². The number of benzene rings is 2. The molecule has 3 N–H and O–H groups in total. The number of nitro benzene ring substituents is 2. The van der Waals surface area contributed by atoms with Gasteiger partial charge in [-0.25, -0.2) is 0 Å². The molecule has 0 heterocycles. The summed E-state index contributed by atoms with van der Waals surface area (Å²) in [4.78, 5) is 32.1. The Morgan fingerprint density at radius 1 is 1.00 bits per heavy atom. The lowest BCUT2D eigenvalue weighted by atomic mass is 10.2. The second-order valence-electron chi connectivity index (χ2n) is 4.29. The highest BCUT2D eigenvalue weighted by Gasteiger charge is 2.21. The first-order valence-corrected chi connectivity index (χ1v) is 5.98. The lowest BCUT2D eigenvalue weighted by molar-refractivity contribution is -0.393. The zero-order valence-corrected chi connectivity index (χ0v) is 11.1. The number of nitrogen functional groups attached to an aromatic ring is 1. The van der Waals surface area contributed by atoms with Gasteiger partial charge in [0.05, 0.1) is 15.9 Å². The minimum Gasteiger partial charge on any atom is -0.399 e. The van der Waals surface area contributed by atoms with E-state index in [1.54, 1.807) is 0 Å². The molecular formula is C13H10N4O5. The number of carbonyl (C=O) groups excluding carboxylic acids is 1. The van der Waals surface area contributed by atoms with Gasteiger partial charge >= 0.3 is 0 Å². The number of rotatable bonds is 4. The van der Waals surface area contributed by atoms with E-state index in [1.165, 1.54) is 24.3 Å². The summed E-state index contributed by atoms with van der Waals surface area (Å²) in [5.74, 6) is -0.586. The third kappa shape index (κ3) is 3.15. The first-order valence-electron chi connectivity index (χ1n) is 5.98. The van der Waals surface area contributed by atoms with E-state index in [4.69, 9.17) is 5.73 Å². The zero-order chi connectivity index (χ0) is 16.3. The number of non-ortho nitro benzene ring substituents is 1. The lowest BCUT2D eigenvalue weighted by Crippen LogP contribution is -2.13. The van der Waals surface area contributed by atoms with Crippen molar-refractivity contribution in [1.29, 1.82) is 0 Å². The van der Waals surface area contributed by atoms with Crippen LogP contribution < -0.4 is 11.1 Å². The van der Waals surface area contributed by atoms with Gasteiger partial charge in [0.25, 0.3) is 17.3 Å². The molecule has 9 heteroatoms. The monoisotopic (exact) mass is 302 g/mol. The van der Waals surface area contributed by atoms with Crippen molar-refractivity contribution >= 4 is 28.7 Å². The minimum atomic E-state index is -0.800. The van der Waals surface area contributed by atoms with Crippen LogP contribution in [0.5, 0.6) is 0 Å². The van der Waals surface area contributed by atoms with Gasteiger partial charge in [-0.3, -0.25) is 25.0 Å². The predicted molar refractivity (Wildman–Crippen MR) is 78.6 cm³/mol. The molecule has 0 aliphatic rings. The first-order chi connectivity index (χ1) is 10.4. The Hall–Kier alpha value is -3.49. The summed E-state index contributed by atoms with van der Waals surface area (Å²) in [7, 11) is 0. The van der Waals surface area contributed by atoms with Gasteiger partial charge in [0.2, 0.25) is 0 Å². The number of hydrogen-bond acceptors (Lipinski definition) is 6. The smallest absolute Gasteiger partial charge is 0.299 e. The second kappa shape index (κ2) is 5.87. The molecule has 0 bridgehead atoms. The van der Waals surface area contributed by atoms with Crippen molar-refractivity contribution in [2.24, 2.45) is 0 Å². The number of nitrogens with zero attached hydrogens (tertiary/aromatic N) is 2. The Kier molecular flexibility index (Phi) is 3.98. The van der Waals surface area contributed by atoms with E-state index >= 15 is 0 Å². The number of hydrogen-bond donors (Lipinski definition) is 2. The molecule has 0 saturated heterocycles. The Labute approximate surface area is 123 Å². The third-order valence-corrected chi connectivity index (χ3v) is 2.81. The quantitative estimate of drug-likeness (QED) is 0.504. The number of nitro groups is 2. The van der Waals surface area contributed by atoms with E-state index in [0.29, 0.717) is 5.69 Å². The number of anilines is 2. The van der Waals surface area contributed by atoms with Crippen LogP contribution in [0.2, 0.25) is 0 Å². The Morgan fingerprint density at radius 2 is 1.64 bits per heavy atom. The molecular weight excluding hydrogens is 292 g/mol. The zero-order valence-electron chi connectivity index (χ0n) is 11.1. The van der Waals surface area contributed by atoms with Gasteiger partial charge in [-0.2, -0.15) is 0 Å². The van der Waals surface area contributed by atoms with Crippen LogP contribution in [0.25, 0.3) is 0 Å². The molecule has 0 aliphatic carbocycles. The highest BCUT2D eigenvalue weighted by molar-refractivity contribution is 6.05. The Balaban J connectivity index is 2.32. The molecule has 0 spiro atoms. The molecule has 0 aliphatic heterocycles. The normalized spacial score (nSPS) is 10.0. The summed E-state index contributed by atoms with van der Waals surface area (Å²) < 4.78 is 0. The fourth-order valence-corrected chi connectivity index (χ4v) is 1.72. The highest BCUT2D eigenvalue weighted by Crippen LogP contribution is 2.29. The van der Waals surface area contributed by atoms with Crippen LogP contribution in [0, 0.1) is 20.2 Å². The summed E-state index contributed by atoms with van der Waals surface area (Å²) in [5, 5.41) is 24.0. The predicted octanol–water partition coefficient (Wildman–Crippen LogP) is 2.34. The molecule has 0 fully saturated rings. The molecule has 9 nitrogen and oxygen atoms in total. The van der Waals surface area contributed by atoms with E-state index in [-0.39, 0.29) is 11.3 Å². The number of amides is 1. The minimum absolute atomic E-state index is 0.127. The topological polar surface area (TPSA) is 141 Å². The molecule has 2 rings (SSSR count). The van der Waals surface area contributed by atoms with Crippen LogP contribution >= 0.6 is 0 Å².